The Bertz CT molecular complexity index is 640. The molecule has 0 aliphatic heterocycles. The van der Waals surface area contributed by atoms with Crippen molar-refractivity contribution in [1.82, 2.24) is 0 Å². The molecule has 1 rings (SSSR count). The molecule has 0 aliphatic rings. The van der Waals surface area contributed by atoms with E-state index in [4.69, 9.17) is 8.42 Å². The summed E-state index contributed by atoms with van der Waals surface area (Å²) < 4.78 is 135. The molecular weight excluding hydrogens is 350 g/mol. The van der Waals surface area contributed by atoms with E-state index in [-0.39, 0.29) is 0 Å². The molecule has 1 aromatic carbocycles. The van der Waals surface area contributed by atoms with Crippen molar-refractivity contribution in [2.45, 2.75) is 0 Å². The average molecular weight is 350 g/mol. The van der Waals surface area contributed by atoms with Gasteiger partial charge in [0.2, 0.25) is 11.6 Å². The average Bonchev–Trinajstić information content (AvgIpc) is 2.32. The molecule has 0 radical (unpaired) electrons. The van der Waals surface area contributed by atoms with E-state index in [1.807, 2.05) is 0 Å². The SMILES string of the molecule is FC(F)=C(F)c1c(F)c(F)c(F)c(F)c1F.O=S(=O)(F)F. The molecule has 13 heteroatoms. The third-order valence-electron chi connectivity index (χ3n) is 1.60. The summed E-state index contributed by atoms with van der Waals surface area (Å²) in [6.07, 6.45) is -3.19. The minimum absolute atomic E-state index is 2.28. The van der Waals surface area contributed by atoms with E-state index in [1.165, 1.54) is 0 Å². The summed E-state index contributed by atoms with van der Waals surface area (Å²) in [5.41, 5.74) is -2.28. The summed E-state index contributed by atoms with van der Waals surface area (Å²) >= 11 is 0. The van der Waals surface area contributed by atoms with Gasteiger partial charge in [-0.1, -0.05) is 7.77 Å². The fraction of sp³-hybridized carbons (Fsp3) is 0. The van der Waals surface area contributed by atoms with Crippen LogP contribution in [0.15, 0.2) is 6.08 Å². The van der Waals surface area contributed by atoms with Crippen LogP contribution in [0.5, 0.6) is 0 Å². The van der Waals surface area contributed by atoms with Crippen molar-refractivity contribution < 1.29 is 51.3 Å². The van der Waals surface area contributed by atoms with Crippen LogP contribution in [-0.4, -0.2) is 8.42 Å². The van der Waals surface area contributed by atoms with Crippen molar-refractivity contribution in [3.8, 4) is 0 Å². The lowest BCUT2D eigenvalue weighted by Crippen LogP contribution is -2.05. The second-order valence-corrected chi connectivity index (χ2v) is 3.65. The highest BCUT2D eigenvalue weighted by molar-refractivity contribution is 7.81. The van der Waals surface area contributed by atoms with Crippen molar-refractivity contribution in [3.05, 3.63) is 40.7 Å². The van der Waals surface area contributed by atoms with Crippen molar-refractivity contribution >= 4 is 16.4 Å². The van der Waals surface area contributed by atoms with Crippen LogP contribution in [0.4, 0.5) is 42.9 Å². The molecule has 1 aromatic rings. The lowest BCUT2D eigenvalue weighted by molar-refractivity contribution is 0.369. The molecule has 0 unspecified atom stereocenters. The van der Waals surface area contributed by atoms with Gasteiger partial charge in [-0.25, -0.2) is 26.3 Å². The standard InChI is InChI=1S/C8F8.F2O2S/c9-2-1(4(11)8(15)16)3(10)6(13)7(14)5(2)12;1-5(2,3)4. The predicted molar refractivity (Wildman–Crippen MR) is 47.6 cm³/mol. The summed E-state index contributed by atoms with van der Waals surface area (Å²) in [7, 11) is -5.67. The van der Waals surface area contributed by atoms with Crippen molar-refractivity contribution in [1.29, 1.82) is 0 Å². The van der Waals surface area contributed by atoms with Gasteiger partial charge in [-0.05, 0) is 0 Å². The molecule has 0 amide bonds. The maximum absolute atomic E-state index is 12.7. The zero-order valence-electron chi connectivity index (χ0n) is 9.00. The number of hydrogen-bond acceptors (Lipinski definition) is 2. The van der Waals surface area contributed by atoms with E-state index in [2.05, 4.69) is 0 Å². The maximum Gasteiger partial charge on any atom is 0.476 e. The van der Waals surface area contributed by atoms with Gasteiger partial charge in [0.25, 0.3) is 0 Å². The minimum atomic E-state index is -5.67. The van der Waals surface area contributed by atoms with Crippen molar-refractivity contribution in [2.24, 2.45) is 0 Å². The zero-order valence-corrected chi connectivity index (χ0v) is 9.82. The lowest BCUT2D eigenvalue weighted by atomic mass is 10.1. The van der Waals surface area contributed by atoms with Crippen LogP contribution in [0.25, 0.3) is 5.83 Å². The van der Waals surface area contributed by atoms with E-state index >= 15 is 0 Å². The summed E-state index contributed by atoms with van der Waals surface area (Å²) in [6.45, 7) is 0. The quantitative estimate of drug-likeness (QED) is 0.331. The number of halogens is 10. The first-order valence-corrected chi connectivity index (χ1v) is 5.44. The largest absolute Gasteiger partial charge is 0.476 e. The first-order chi connectivity index (χ1) is 9.29. The van der Waals surface area contributed by atoms with E-state index < -0.39 is 57.2 Å². The molecular formula is C8F10O2S. The Morgan fingerprint density at radius 2 is 0.905 bits per heavy atom. The zero-order chi connectivity index (χ0) is 17.1. The highest BCUT2D eigenvalue weighted by atomic mass is 32.3. The van der Waals surface area contributed by atoms with Gasteiger partial charge in [0.05, 0.1) is 5.56 Å². The van der Waals surface area contributed by atoms with Crippen molar-refractivity contribution in [2.75, 3.05) is 0 Å². The van der Waals surface area contributed by atoms with E-state index in [0.717, 1.165) is 0 Å². The second kappa shape index (κ2) is 6.78. The van der Waals surface area contributed by atoms with Gasteiger partial charge in [-0.2, -0.15) is 17.2 Å². The smallest absolute Gasteiger partial charge is 0.203 e. The third-order valence-corrected chi connectivity index (χ3v) is 1.60. The minimum Gasteiger partial charge on any atom is -0.203 e. The molecule has 0 saturated heterocycles. The molecule has 0 heterocycles. The topological polar surface area (TPSA) is 34.1 Å². The molecule has 21 heavy (non-hydrogen) atoms. The van der Waals surface area contributed by atoms with E-state index in [9.17, 15) is 42.9 Å². The molecule has 120 valence electrons. The predicted octanol–water partition coefficient (Wildman–Crippen LogP) is 4.09. The van der Waals surface area contributed by atoms with Crippen molar-refractivity contribution in [3.63, 3.8) is 0 Å². The monoisotopic (exact) mass is 350 g/mol. The Morgan fingerprint density at radius 3 is 1.14 bits per heavy atom. The Balaban J connectivity index is 0.000000690. The summed E-state index contributed by atoms with van der Waals surface area (Å²) in [5.74, 6) is -15.6. The van der Waals surface area contributed by atoms with Gasteiger partial charge in [-0.15, -0.1) is 0 Å². The summed E-state index contributed by atoms with van der Waals surface area (Å²) in [6, 6.07) is 0. The van der Waals surface area contributed by atoms with Gasteiger partial charge in [0.1, 0.15) is 0 Å². The Labute approximate surface area is 109 Å². The number of rotatable bonds is 1. The van der Waals surface area contributed by atoms with Crippen LogP contribution >= 0.6 is 0 Å². The van der Waals surface area contributed by atoms with Gasteiger partial charge in [0.15, 0.2) is 23.3 Å². The lowest BCUT2D eigenvalue weighted by Gasteiger charge is -2.05. The van der Waals surface area contributed by atoms with Crippen LogP contribution in [-0.2, 0) is 10.6 Å². The molecule has 0 atom stereocenters. The van der Waals surface area contributed by atoms with Crippen LogP contribution in [0.1, 0.15) is 5.56 Å². The normalized spacial score (nSPS) is 10.8. The van der Waals surface area contributed by atoms with Gasteiger partial charge >= 0.3 is 16.7 Å². The Morgan fingerprint density at radius 1 is 0.667 bits per heavy atom. The molecule has 0 aromatic heterocycles. The number of hydrogen-bond donors (Lipinski definition) is 0. The number of benzene rings is 1. The van der Waals surface area contributed by atoms with Gasteiger partial charge in [0, 0.05) is 0 Å². The van der Waals surface area contributed by atoms with Crippen LogP contribution < -0.4 is 0 Å². The van der Waals surface area contributed by atoms with E-state index in [0.29, 0.717) is 0 Å². The van der Waals surface area contributed by atoms with Gasteiger partial charge in [-0.3, -0.25) is 0 Å². The van der Waals surface area contributed by atoms with Gasteiger partial charge < -0.3 is 0 Å². The second-order valence-electron chi connectivity index (χ2n) is 2.90. The summed E-state index contributed by atoms with van der Waals surface area (Å²) in [5, 5.41) is 0. The molecule has 0 N–H and O–H groups in total. The molecule has 0 spiro atoms. The summed E-state index contributed by atoms with van der Waals surface area (Å²) in [4.78, 5) is 0. The fourth-order valence-electron chi connectivity index (χ4n) is 0.892. The Hall–Kier alpha value is -1.79. The third kappa shape index (κ3) is 5.24. The molecule has 0 bridgehead atoms. The highest BCUT2D eigenvalue weighted by Crippen LogP contribution is 2.31. The Kier molecular flexibility index (Phi) is 6.20. The first-order valence-electron chi connectivity index (χ1n) is 4.15. The molecule has 2 nitrogen and oxygen atoms in total. The highest BCUT2D eigenvalue weighted by Gasteiger charge is 2.29. The molecule has 0 fully saturated rings. The van der Waals surface area contributed by atoms with Crippen LogP contribution in [0.2, 0.25) is 0 Å². The first kappa shape index (κ1) is 19.2. The van der Waals surface area contributed by atoms with E-state index in [1.54, 1.807) is 0 Å². The maximum atomic E-state index is 12.7. The molecule has 0 saturated carbocycles. The molecule has 0 aliphatic carbocycles. The van der Waals surface area contributed by atoms with Crippen LogP contribution in [0, 0.1) is 29.1 Å². The van der Waals surface area contributed by atoms with Crippen LogP contribution in [0.3, 0.4) is 0 Å². The fourth-order valence-corrected chi connectivity index (χ4v) is 0.892.